The van der Waals surface area contributed by atoms with Crippen molar-refractivity contribution in [3.8, 4) is 0 Å². The van der Waals surface area contributed by atoms with Gasteiger partial charge in [0.05, 0.1) is 29.7 Å². The van der Waals surface area contributed by atoms with E-state index in [1.807, 2.05) is 22.6 Å². The van der Waals surface area contributed by atoms with Crippen molar-refractivity contribution in [1.82, 2.24) is 9.97 Å². The molecule has 0 unspecified atom stereocenters. The number of fused-ring (bicyclic) bond motifs is 1. The second-order valence-corrected chi connectivity index (χ2v) is 6.13. The van der Waals surface area contributed by atoms with Gasteiger partial charge in [-0.2, -0.15) is 0 Å². The van der Waals surface area contributed by atoms with Crippen molar-refractivity contribution in [2.45, 2.75) is 6.92 Å². The number of hydrogen-bond acceptors (Lipinski definition) is 4. The summed E-state index contributed by atoms with van der Waals surface area (Å²) < 4.78 is 33.8. The van der Waals surface area contributed by atoms with Crippen LogP contribution in [0.25, 0.3) is 10.9 Å². The van der Waals surface area contributed by atoms with E-state index in [-0.39, 0.29) is 29.2 Å². The number of carbonyl (C=O) groups is 1. The Morgan fingerprint density at radius 2 is 2.12 bits per heavy atom. The van der Waals surface area contributed by atoms with Crippen LogP contribution in [0.5, 0.6) is 0 Å². The molecule has 3 aromatic rings. The van der Waals surface area contributed by atoms with Gasteiger partial charge in [-0.15, -0.1) is 0 Å². The van der Waals surface area contributed by atoms with Gasteiger partial charge in [0.2, 0.25) is 0 Å². The number of benzene rings is 1. The van der Waals surface area contributed by atoms with Crippen molar-refractivity contribution in [2.24, 2.45) is 0 Å². The summed E-state index contributed by atoms with van der Waals surface area (Å²) in [5, 5.41) is 3.17. The minimum atomic E-state index is -0.665. The minimum Gasteiger partial charge on any atom is -0.461 e. The van der Waals surface area contributed by atoms with Crippen molar-refractivity contribution in [3.05, 3.63) is 51.5 Å². The molecular weight excluding hydrogens is 431 g/mol. The first-order valence-corrected chi connectivity index (χ1v) is 8.13. The molecule has 0 bridgehead atoms. The molecule has 0 fully saturated rings. The van der Waals surface area contributed by atoms with Crippen LogP contribution in [0.1, 0.15) is 17.4 Å². The lowest BCUT2D eigenvalue weighted by Crippen LogP contribution is -2.08. The molecule has 3 rings (SSSR count). The van der Waals surface area contributed by atoms with Gasteiger partial charge < -0.3 is 15.0 Å². The largest absolute Gasteiger partial charge is 0.461 e. The quantitative estimate of drug-likeness (QED) is 0.465. The number of H-pyrrole nitrogens is 1. The zero-order valence-corrected chi connectivity index (χ0v) is 14.6. The first-order valence-electron chi connectivity index (χ1n) is 7.05. The highest BCUT2D eigenvalue weighted by atomic mass is 127. The Bertz CT molecular complexity index is 927. The Hall–Kier alpha value is -2.23. The van der Waals surface area contributed by atoms with E-state index < -0.39 is 17.6 Å². The van der Waals surface area contributed by atoms with Crippen LogP contribution in [-0.2, 0) is 4.74 Å². The predicted molar refractivity (Wildman–Crippen MR) is 94.4 cm³/mol. The third-order valence-electron chi connectivity index (χ3n) is 3.34. The van der Waals surface area contributed by atoms with E-state index in [1.165, 1.54) is 18.3 Å². The maximum atomic E-state index is 14.1. The van der Waals surface area contributed by atoms with E-state index in [0.717, 1.165) is 9.77 Å². The fourth-order valence-corrected chi connectivity index (χ4v) is 2.74. The molecule has 0 spiro atoms. The molecule has 124 valence electrons. The number of hydrogen-bond donors (Lipinski definition) is 2. The molecule has 0 aliphatic rings. The summed E-state index contributed by atoms with van der Waals surface area (Å²) in [6.07, 6.45) is 2.42. The molecule has 0 saturated heterocycles. The molecule has 2 aromatic heterocycles. The van der Waals surface area contributed by atoms with E-state index in [9.17, 15) is 13.6 Å². The number of aromatic nitrogens is 2. The van der Waals surface area contributed by atoms with Gasteiger partial charge in [0.25, 0.3) is 0 Å². The first-order chi connectivity index (χ1) is 11.5. The van der Waals surface area contributed by atoms with E-state index in [2.05, 4.69) is 15.3 Å². The first kappa shape index (κ1) is 16.6. The lowest BCUT2D eigenvalue weighted by Gasteiger charge is -2.09. The van der Waals surface area contributed by atoms with Crippen LogP contribution in [-0.4, -0.2) is 22.5 Å². The molecule has 1 aromatic carbocycles. The standard InChI is InChI=1S/C16H12F2IN3O2/c1-2-24-16(23)15-14(9-6-20-7-11(18)13(9)22-15)21-12-4-3-8(19)5-10(12)17/h3-7,21-22H,2H2,1H3. The van der Waals surface area contributed by atoms with E-state index in [1.54, 1.807) is 13.0 Å². The average molecular weight is 443 g/mol. The normalized spacial score (nSPS) is 10.8. The zero-order chi connectivity index (χ0) is 17.3. The SMILES string of the molecule is CCOC(=O)c1[nH]c2c(F)cncc2c1Nc1ccc(I)cc1F. The number of pyridine rings is 1. The topological polar surface area (TPSA) is 67.0 Å². The summed E-state index contributed by atoms with van der Waals surface area (Å²) >= 11 is 1.99. The number of anilines is 2. The zero-order valence-electron chi connectivity index (χ0n) is 12.5. The fraction of sp³-hybridized carbons (Fsp3) is 0.125. The van der Waals surface area contributed by atoms with Gasteiger partial charge in [-0.1, -0.05) is 0 Å². The number of carbonyl (C=O) groups excluding carboxylic acids is 1. The lowest BCUT2D eigenvalue weighted by atomic mass is 10.2. The summed E-state index contributed by atoms with van der Waals surface area (Å²) in [5.74, 6) is -1.77. The van der Waals surface area contributed by atoms with Crippen LogP contribution in [0.2, 0.25) is 0 Å². The number of rotatable bonds is 4. The predicted octanol–water partition coefficient (Wildman–Crippen LogP) is 4.37. The molecule has 0 saturated carbocycles. The molecule has 0 amide bonds. The molecule has 0 aliphatic carbocycles. The monoisotopic (exact) mass is 443 g/mol. The van der Waals surface area contributed by atoms with Gasteiger partial charge in [-0.3, -0.25) is 4.98 Å². The highest BCUT2D eigenvalue weighted by Crippen LogP contribution is 2.32. The third-order valence-corrected chi connectivity index (χ3v) is 4.01. The maximum Gasteiger partial charge on any atom is 0.356 e. The molecule has 0 radical (unpaired) electrons. The lowest BCUT2D eigenvalue weighted by molar-refractivity contribution is 0.0522. The molecule has 24 heavy (non-hydrogen) atoms. The van der Waals surface area contributed by atoms with Gasteiger partial charge in [-0.05, 0) is 47.7 Å². The van der Waals surface area contributed by atoms with Crippen LogP contribution >= 0.6 is 22.6 Å². The number of nitrogens with one attached hydrogen (secondary N) is 2. The maximum absolute atomic E-state index is 14.1. The number of halogens is 3. The molecular formula is C16H12F2IN3O2. The van der Waals surface area contributed by atoms with Crippen molar-refractivity contribution in [3.63, 3.8) is 0 Å². The molecule has 0 atom stereocenters. The molecule has 8 heteroatoms. The van der Waals surface area contributed by atoms with Crippen molar-refractivity contribution < 1.29 is 18.3 Å². The molecule has 2 heterocycles. The van der Waals surface area contributed by atoms with Crippen molar-refractivity contribution >= 4 is 50.8 Å². The van der Waals surface area contributed by atoms with Gasteiger partial charge in [0.1, 0.15) is 11.5 Å². The molecule has 2 N–H and O–H groups in total. The molecule has 0 aliphatic heterocycles. The number of aromatic amines is 1. The van der Waals surface area contributed by atoms with E-state index >= 15 is 0 Å². The summed E-state index contributed by atoms with van der Waals surface area (Å²) in [6, 6.07) is 4.60. The fourth-order valence-electron chi connectivity index (χ4n) is 2.29. The number of esters is 1. The summed E-state index contributed by atoms with van der Waals surface area (Å²) in [4.78, 5) is 18.6. The summed E-state index contributed by atoms with van der Waals surface area (Å²) in [5.41, 5.74) is 0.486. The summed E-state index contributed by atoms with van der Waals surface area (Å²) in [6.45, 7) is 1.82. The van der Waals surface area contributed by atoms with Gasteiger partial charge >= 0.3 is 5.97 Å². The van der Waals surface area contributed by atoms with E-state index in [4.69, 9.17) is 4.74 Å². The smallest absolute Gasteiger partial charge is 0.356 e. The Morgan fingerprint density at radius 3 is 2.83 bits per heavy atom. The Labute approximate surface area is 149 Å². The molecule has 5 nitrogen and oxygen atoms in total. The van der Waals surface area contributed by atoms with Crippen LogP contribution in [0.4, 0.5) is 20.2 Å². The Balaban J connectivity index is 2.15. The van der Waals surface area contributed by atoms with Crippen molar-refractivity contribution in [2.75, 3.05) is 11.9 Å². The van der Waals surface area contributed by atoms with Gasteiger partial charge in [0, 0.05) is 15.2 Å². The highest BCUT2D eigenvalue weighted by molar-refractivity contribution is 14.1. The van der Waals surface area contributed by atoms with E-state index in [0.29, 0.717) is 5.39 Å². The van der Waals surface area contributed by atoms with Gasteiger partial charge in [-0.25, -0.2) is 13.6 Å². The van der Waals surface area contributed by atoms with Crippen LogP contribution in [0, 0.1) is 15.2 Å². The van der Waals surface area contributed by atoms with Crippen LogP contribution in [0.3, 0.4) is 0 Å². The second-order valence-electron chi connectivity index (χ2n) is 4.89. The average Bonchev–Trinajstić information content (AvgIpc) is 2.90. The van der Waals surface area contributed by atoms with Crippen molar-refractivity contribution in [1.29, 1.82) is 0 Å². The van der Waals surface area contributed by atoms with Crippen LogP contribution in [0.15, 0.2) is 30.6 Å². The number of ether oxygens (including phenoxy) is 1. The Morgan fingerprint density at radius 1 is 1.33 bits per heavy atom. The number of nitrogens with zero attached hydrogens (tertiary/aromatic N) is 1. The minimum absolute atomic E-state index is 0.0108. The summed E-state index contributed by atoms with van der Waals surface area (Å²) in [7, 11) is 0. The Kier molecular flexibility index (Phi) is 4.65. The third kappa shape index (κ3) is 3.05. The highest BCUT2D eigenvalue weighted by Gasteiger charge is 2.22. The second kappa shape index (κ2) is 6.71. The van der Waals surface area contributed by atoms with Crippen LogP contribution < -0.4 is 5.32 Å². The van der Waals surface area contributed by atoms with Gasteiger partial charge in [0.15, 0.2) is 5.82 Å².